The molecule has 0 N–H and O–H groups in total. The summed E-state index contributed by atoms with van der Waals surface area (Å²) in [5.41, 5.74) is 3.81. The van der Waals surface area contributed by atoms with E-state index in [1.165, 1.54) is 22.7 Å². The fraction of sp³-hybridized carbons (Fsp3) is 0.423. The Kier molecular flexibility index (Phi) is 7.65. The number of hydrogen-bond donors (Lipinski definition) is 0. The molecule has 1 aromatic heterocycles. The van der Waals surface area contributed by atoms with Crippen molar-refractivity contribution in [1.82, 2.24) is 19.0 Å². The number of rotatable bonds is 7. The molecule has 0 spiro atoms. The quantitative estimate of drug-likeness (QED) is 0.441. The molecule has 3 aromatic rings. The molecule has 0 unspecified atom stereocenters. The summed E-state index contributed by atoms with van der Waals surface area (Å²) in [7, 11) is -3.39. The van der Waals surface area contributed by atoms with Gasteiger partial charge in [-0.1, -0.05) is 17.7 Å². The molecule has 1 saturated heterocycles. The predicted molar refractivity (Wildman–Crippen MR) is 139 cm³/mol. The van der Waals surface area contributed by atoms with Gasteiger partial charge in [-0.15, -0.1) is 0 Å². The van der Waals surface area contributed by atoms with Crippen LogP contribution in [0.5, 0.6) is 0 Å². The van der Waals surface area contributed by atoms with Crippen LogP contribution in [-0.2, 0) is 34.3 Å². The van der Waals surface area contributed by atoms with Crippen molar-refractivity contribution < 1.29 is 21.9 Å². The van der Waals surface area contributed by atoms with Gasteiger partial charge in [-0.3, -0.25) is 9.58 Å². The molecule has 0 aliphatic carbocycles. The van der Waals surface area contributed by atoms with Crippen molar-refractivity contribution >= 4 is 21.6 Å². The SMILES string of the molecule is CS(=O)(=O)N1CCc2c(c(-c3ccc(Cl)c(-c4ccc(F)cc4F)c3)nn2CCCN2CCOCC2)C1. The van der Waals surface area contributed by atoms with Crippen molar-refractivity contribution in [2.45, 2.75) is 25.9 Å². The maximum atomic E-state index is 14.6. The molecule has 0 amide bonds. The molecule has 2 aliphatic heterocycles. The Morgan fingerprint density at radius 3 is 2.54 bits per heavy atom. The molecule has 7 nitrogen and oxygen atoms in total. The van der Waals surface area contributed by atoms with Crippen molar-refractivity contribution in [2.24, 2.45) is 0 Å². The van der Waals surface area contributed by atoms with E-state index in [1.54, 1.807) is 18.2 Å². The first-order valence-electron chi connectivity index (χ1n) is 12.3. The number of fused-ring (bicyclic) bond motifs is 1. The summed E-state index contributed by atoms with van der Waals surface area (Å²) in [4.78, 5) is 2.37. The van der Waals surface area contributed by atoms with Gasteiger partial charge in [-0.05, 0) is 30.7 Å². The summed E-state index contributed by atoms with van der Waals surface area (Å²) in [5, 5.41) is 5.24. The first kappa shape index (κ1) is 26.2. The summed E-state index contributed by atoms with van der Waals surface area (Å²) in [5.74, 6) is -1.38. The summed E-state index contributed by atoms with van der Waals surface area (Å²) < 4.78 is 61.6. The van der Waals surface area contributed by atoms with Gasteiger partial charge < -0.3 is 4.74 Å². The van der Waals surface area contributed by atoms with Gasteiger partial charge >= 0.3 is 0 Å². The number of aryl methyl sites for hydroxylation is 1. The molecule has 2 aromatic carbocycles. The highest BCUT2D eigenvalue weighted by Gasteiger charge is 2.30. The number of ether oxygens (including phenoxy) is 1. The maximum Gasteiger partial charge on any atom is 0.211 e. The number of morpholine rings is 1. The fourth-order valence-electron chi connectivity index (χ4n) is 5.02. The molecule has 198 valence electrons. The lowest BCUT2D eigenvalue weighted by molar-refractivity contribution is 0.0368. The third-order valence-corrected chi connectivity index (χ3v) is 8.56. The smallest absolute Gasteiger partial charge is 0.211 e. The number of hydrogen-bond acceptors (Lipinski definition) is 5. The molecule has 0 radical (unpaired) electrons. The summed E-state index contributed by atoms with van der Waals surface area (Å²) in [6.07, 6.45) is 2.66. The average Bonchev–Trinajstić information content (AvgIpc) is 3.23. The molecule has 5 rings (SSSR count). The van der Waals surface area contributed by atoms with Crippen LogP contribution in [0.3, 0.4) is 0 Å². The molecule has 0 saturated carbocycles. The van der Waals surface area contributed by atoms with E-state index in [0.717, 1.165) is 56.6 Å². The van der Waals surface area contributed by atoms with Gasteiger partial charge in [-0.2, -0.15) is 9.40 Å². The lowest BCUT2D eigenvalue weighted by atomic mass is 9.97. The summed E-state index contributed by atoms with van der Waals surface area (Å²) in [6.45, 7) is 5.57. The van der Waals surface area contributed by atoms with Gasteiger partial charge in [0.15, 0.2) is 0 Å². The second-order valence-electron chi connectivity index (χ2n) is 9.47. The van der Waals surface area contributed by atoms with Gasteiger partial charge in [0.05, 0.1) is 25.2 Å². The zero-order chi connectivity index (χ0) is 26.2. The second kappa shape index (κ2) is 10.8. The number of benzene rings is 2. The van der Waals surface area contributed by atoms with Crippen LogP contribution in [0.1, 0.15) is 17.7 Å². The largest absolute Gasteiger partial charge is 0.379 e. The van der Waals surface area contributed by atoms with Crippen LogP contribution in [-0.4, -0.2) is 73.1 Å². The van der Waals surface area contributed by atoms with E-state index >= 15 is 0 Å². The van der Waals surface area contributed by atoms with Crippen molar-refractivity contribution in [3.05, 3.63) is 64.3 Å². The molecule has 11 heteroatoms. The van der Waals surface area contributed by atoms with Crippen LogP contribution >= 0.6 is 11.6 Å². The number of nitrogens with zero attached hydrogens (tertiary/aromatic N) is 4. The van der Waals surface area contributed by atoms with E-state index in [-0.39, 0.29) is 12.1 Å². The zero-order valence-electron chi connectivity index (χ0n) is 20.6. The van der Waals surface area contributed by atoms with Gasteiger partial charge in [0.1, 0.15) is 11.6 Å². The number of aromatic nitrogens is 2. The first-order valence-corrected chi connectivity index (χ1v) is 14.5. The minimum absolute atomic E-state index is 0.185. The topological polar surface area (TPSA) is 67.7 Å². The van der Waals surface area contributed by atoms with Crippen LogP contribution in [0.2, 0.25) is 5.02 Å². The highest BCUT2D eigenvalue weighted by atomic mass is 35.5. The van der Waals surface area contributed by atoms with Crippen molar-refractivity contribution in [3.8, 4) is 22.4 Å². The Morgan fingerprint density at radius 2 is 1.81 bits per heavy atom. The molecular formula is C26H29ClF2N4O3S. The van der Waals surface area contributed by atoms with E-state index in [4.69, 9.17) is 21.4 Å². The van der Waals surface area contributed by atoms with Crippen molar-refractivity contribution in [2.75, 3.05) is 45.6 Å². The molecular weight excluding hydrogens is 522 g/mol. The van der Waals surface area contributed by atoms with E-state index < -0.39 is 21.7 Å². The van der Waals surface area contributed by atoms with E-state index in [1.807, 2.05) is 4.68 Å². The van der Waals surface area contributed by atoms with Crippen LogP contribution < -0.4 is 0 Å². The van der Waals surface area contributed by atoms with E-state index in [9.17, 15) is 17.2 Å². The van der Waals surface area contributed by atoms with E-state index in [2.05, 4.69) is 4.90 Å². The molecule has 2 aliphatic rings. The zero-order valence-corrected chi connectivity index (χ0v) is 22.2. The third kappa shape index (κ3) is 5.73. The summed E-state index contributed by atoms with van der Waals surface area (Å²) in [6, 6.07) is 8.58. The van der Waals surface area contributed by atoms with E-state index in [0.29, 0.717) is 41.4 Å². The van der Waals surface area contributed by atoms with Crippen molar-refractivity contribution in [3.63, 3.8) is 0 Å². The molecule has 3 heterocycles. The maximum absolute atomic E-state index is 14.6. The minimum Gasteiger partial charge on any atom is -0.379 e. The van der Waals surface area contributed by atoms with Crippen LogP contribution in [0.4, 0.5) is 8.78 Å². The van der Waals surface area contributed by atoms with Gasteiger partial charge in [0, 0.05) is 84.7 Å². The number of halogens is 3. The molecule has 0 bridgehead atoms. The average molecular weight is 551 g/mol. The normalized spacial score (nSPS) is 17.2. The Bertz CT molecular complexity index is 1410. The lowest BCUT2D eigenvalue weighted by Crippen LogP contribution is -2.37. The Hall–Kier alpha value is -2.37. The predicted octanol–water partition coefficient (Wildman–Crippen LogP) is 4.19. The Labute approximate surface area is 220 Å². The number of sulfonamides is 1. The summed E-state index contributed by atoms with van der Waals surface area (Å²) >= 11 is 6.42. The first-order chi connectivity index (χ1) is 17.7. The molecule has 1 fully saturated rings. The van der Waals surface area contributed by atoms with Gasteiger partial charge in [0.2, 0.25) is 10.0 Å². The lowest BCUT2D eigenvalue weighted by Gasteiger charge is -2.27. The fourth-order valence-corrected chi connectivity index (χ4v) is 6.03. The highest BCUT2D eigenvalue weighted by Crippen LogP contribution is 2.37. The Balaban J connectivity index is 1.50. The third-order valence-electron chi connectivity index (χ3n) is 6.98. The van der Waals surface area contributed by atoms with Gasteiger partial charge in [-0.25, -0.2) is 17.2 Å². The van der Waals surface area contributed by atoms with Crippen LogP contribution in [0.15, 0.2) is 36.4 Å². The minimum atomic E-state index is -3.39. The van der Waals surface area contributed by atoms with Crippen LogP contribution in [0.25, 0.3) is 22.4 Å². The van der Waals surface area contributed by atoms with Gasteiger partial charge in [0.25, 0.3) is 0 Å². The van der Waals surface area contributed by atoms with Crippen LogP contribution in [0, 0.1) is 11.6 Å². The molecule has 37 heavy (non-hydrogen) atoms. The van der Waals surface area contributed by atoms with Crippen molar-refractivity contribution in [1.29, 1.82) is 0 Å². The molecule has 0 atom stereocenters. The standard InChI is InChI=1S/C26H29ClF2N4O3S/c1-37(34,35)32-10-7-25-22(17-32)26(30-33(25)9-2-8-31-11-13-36-14-12-31)18-3-6-23(27)21(15-18)20-5-4-19(28)16-24(20)29/h3-6,15-16H,2,7-14,17H2,1H3. The Morgan fingerprint density at radius 1 is 1.03 bits per heavy atom. The highest BCUT2D eigenvalue weighted by molar-refractivity contribution is 7.88. The second-order valence-corrected chi connectivity index (χ2v) is 11.9. The monoisotopic (exact) mass is 550 g/mol.